The van der Waals surface area contributed by atoms with Crippen LogP contribution in [-0.2, 0) is 5.41 Å². The zero-order chi connectivity index (χ0) is 37.9. The van der Waals surface area contributed by atoms with Gasteiger partial charge in [-0.3, -0.25) is 0 Å². The van der Waals surface area contributed by atoms with E-state index < -0.39 is 5.41 Å². The number of benzene rings is 9. The van der Waals surface area contributed by atoms with Gasteiger partial charge >= 0.3 is 0 Å². The van der Waals surface area contributed by atoms with Gasteiger partial charge in [0, 0.05) is 20.9 Å². The standard InChI is InChI=1S/C55H36BrN/c56-51-30-11-8-24-44(51)39-17-13-16-37(34-39)38-32-33-48-47-26-9-12-31-52(47)57(53(48)36-38)43-23-14-18-40(35-43)45-27-15-28-49-46-25-7-10-29-50(46)55(54(45)49,41-19-3-1-4-20-41)42-21-5-2-6-22-42/h1-36H. The number of rotatable bonds is 6. The molecule has 1 aromatic heterocycles. The van der Waals surface area contributed by atoms with Gasteiger partial charge < -0.3 is 4.57 Å². The molecule has 0 radical (unpaired) electrons. The molecule has 10 aromatic rings. The van der Waals surface area contributed by atoms with Gasteiger partial charge in [-0.25, -0.2) is 0 Å². The summed E-state index contributed by atoms with van der Waals surface area (Å²) in [6.07, 6.45) is 0. The highest BCUT2D eigenvalue weighted by atomic mass is 79.9. The van der Waals surface area contributed by atoms with Gasteiger partial charge in [0.25, 0.3) is 0 Å². The number of hydrogen-bond acceptors (Lipinski definition) is 0. The van der Waals surface area contributed by atoms with Gasteiger partial charge in [0.15, 0.2) is 0 Å². The molecule has 57 heavy (non-hydrogen) atoms. The quantitative estimate of drug-likeness (QED) is 0.158. The Morgan fingerprint density at radius 3 is 1.70 bits per heavy atom. The molecule has 1 nitrogen and oxygen atoms in total. The van der Waals surface area contributed by atoms with Crippen molar-refractivity contribution >= 4 is 37.7 Å². The number of hydrogen-bond donors (Lipinski definition) is 0. The van der Waals surface area contributed by atoms with Gasteiger partial charge in [-0.2, -0.15) is 0 Å². The van der Waals surface area contributed by atoms with Crippen LogP contribution in [0.2, 0.25) is 0 Å². The van der Waals surface area contributed by atoms with E-state index in [1.807, 2.05) is 0 Å². The fourth-order valence-electron chi connectivity index (χ4n) is 9.55. The number of para-hydroxylation sites is 1. The van der Waals surface area contributed by atoms with Crippen LogP contribution in [0.1, 0.15) is 22.3 Å². The first kappa shape index (κ1) is 33.6. The molecule has 11 rings (SSSR count). The fourth-order valence-corrected chi connectivity index (χ4v) is 10.1. The maximum Gasteiger partial charge on any atom is 0.0719 e. The molecule has 0 N–H and O–H groups in total. The predicted octanol–water partition coefficient (Wildman–Crippen LogP) is 14.9. The van der Waals surface area contributed by atoms with Crippen LogP contribution in [0.5, 0.6) is 0 Å². The van der Waals surface area contributed by atoms with Gasteiger partial charge in [0.1, 0.15) is 0 Å². The summed E-state index contributed by atoms with van der Waals surface area (Å²) >= 11 is 3.77. The molecule has 0 unspecified atom stereocenters. The minimum atomic E-state index is -0.493. The van der Waals surface area contributed by atoms with Crippen molar-refractivity contribution in [2.24, 2.45) is 0 Å². The summed E-state index contributed by atoms with van der Waals surface area (Å²) in [5.74, 6) is 0. The fraction of sp³-hybridized carbons (Fsp3) is 0.0182. The number of aromatic nitrogens is 1. The lowest BCUT2D eigenvalue weighted by atomic mass is 9.66. The van der Waals surface area contributed by atoms with Crippen molar-refractivity contribution in [1.82, 2.24) is 4.57 Å². The highest BCUT2D eigenvalue weighted by Gasteiger charge is 2.47. The molecule has 0 fully saturated rings. The van der Waals surface area contributed by atoms with Gasteiger partial charge in [-0.15, -0.1) is 0 Å². The Morgan fingerprint density at radius 1 is 0.351 bits per heavy atom. The van der Waals surface area contributed by atoms with Crippen molar-refractivity contribution in [1.29, 1.82) is 0 Å². The molecule has 268 valence electrons. The molecular weight excluding hydrogens is 755 g/mol. The Kier molecular flexibility index (Phi) is 7.94. The lowest BCUT2D eigenvalue weighted by molar-refractivity contribution is 0.770. The predicted molar refractivity (Wildman–Crippen MR) is 242 cm³/mol. The van der Waals surface area contributed by atoms with Gasteiger partial charge in [-0.1, -0.05) is 198 Å². The first-order valence-corrected chi connectivity index (χ1v) is 20.3. The SMILES string of the molecule is Brc1ccccc1-c1cccc(-c2ccc3c4ccccc4n(-c4cccc(-c5cccc6c5C(c5ccccc5)(c5ccccc5)c5ccccc5-6)c4)c3c2)c1. The second kappa shape index (κ2) is 13.5. The zero-order valence-corrected chi connectivity index (χ0v) is 32.7. The number of fused-ring (bicyclic) bond motifs is 6. The second-order valence-corrected chi connectivity index (χ2v) is 15.8. The monoisotopic (exact) mass is 789 g/mol. The molecule has 0 atom stereocenters. The largest absolute Gasteiger partial charge is 0.309 e. The highest BCUT2D eigenvalue weighted by molar-refractivity contribution is 9.10. The van der Waals surface area contributed by atoms with Crippen molar-refractivity contribution in [3.05, 3.63) is 245 Å². The summed E-state index contributed by atoms with van der Waals surface area (Å²) in [6, 6.07) is 80.2. The van der Waals surface area contributed by atoms with Crippen LogP contribution >= 0.6 is 15.9 Å². The smallest absolute Gasteiger partial charge is 0.0719 e. The summed E-state index contributed by atoms with van der Waals surface area (Å²) < 4.78 is 3.55. The van der Waals surface area contributed by atoms with Crippen molar-refractivity contribution in [3.8, 4) is 50.2 Å². The van der Waals surface area contributed by atoms with E-state index in [0.29, 0.717) is 0 Å². The van der Waals surface area contributed by atoms with Gasteiger partial charge in [-0.05, 0) is 103 Å². The van der Waals surface area contributed by atoms with Crippen LogP contribution in [0.3, 0.4) is 0 Å². The van der Waals surface area contributed by atoms with Gasteiger partial charge in [0.05, 0.1) is 16.4 Å². The molecule has 0 amide bonds. The van der Waals surface area contributed by atoms with Crippen LogP contribution in [-0.4, -0.2) is 4.57 Å². The molecular formula is C55H36BrN. The van der Waals surface area contributed by atoms with E-state index in [-0.39, 0.29) is 0 Å². The summed E-state index contributed by atoms with van der Waals surface area (Å²) in [5.41, 5.74) is 18.0. The maximum absolute atomic E-state index is 3.77. The summed E-state index contributed by atoms with van der Waals surface area (Å²) in [7, 11) is 0. The Morgan fingerprint density at radius 2 is 0.912 bits per heavy atom. The van der Waals surface area contributed by atoms with E-state index in [1.54, 1.807) is 0 Å². The van der Waals surface area contributed by atoms with Crippen LogP contribution < -0.4 is 0 Å². The van der Waals surface area contributed by atoms with Crippen molar-refractivity contribution in [2.45, 2.75) is 5.41 Å². The molecule has 2 heteroatoms. The van der Waals surface area contributed by atoms with Crippen molar-refractivity contribution < 1.29 is 0 Å². The topological polar surface area (TPSA) is 4.93 Å². The normalized spacial score (nSPS) is 12.8. The Balaban J connectivity index is 1.13. The lowest BCUT2D eigenvalue weighted by Gasteiger charge is -2.35. The third-order valence-electron chi connectivity index (χ3n) is 11.9. The van der Waals surface area contributed by atoms with E-state index in [2.05, 4.69) is 239 Å². The molecule has 9 aromatic carbocycles. The summed E-state index contributed by atoms with van der Waals surface area (Å²) in [6.45, 7) is 0. The first-order valence-electron chi connectivity index (χ1n) is 19.5. The molecule has 0 saturated heterocycles. The summed E-state index contributed by atoms with van der Waals surface area (Å²) in [5, 5.41) is 2.49. The Hall–Kier alpha value is -6.74. The average Bonchev–Trinajstić information content (AvgIpc) is 3.78. The first-order chi connectivity index (χ1) is 28.2. The van der Waals surface area contributed by atoms with E-state index in [9.17, 15) is 0 Å². The number of halogens is 1. The lowest BCUT2D eigenvalue weighted by Crippen LogP contribution is -2.29. The molecule has 1 aliphatic carbocycles. The van der Waals surface area contributed by atoms with Crippen LogP contribution in [0, 0.1) is 0 Å². The molecule has 0 spiro atoms. The van der Waals surface area contributed by atoms with E-state index >= 15 is 0 Å². The molecule has 1 aliphatic rings. The van der Waals surface area contributed by atoms with Crippen molar-refractivity contribution in [3.63, 3.8) is 0 Å². The van der Waals surface area contributed by atoms with E-state index in [0.717, 1.165) is 10.2 Å². The highest BCUT2D eigenvalue weighted by Crippen LogP contribution is 2.58. The number of nitrogens with zero attached hydrogens (tertiary/aromatic N) is 1. The minimum absolute atomic E-state index is 0.493. The van der Waals surface area contributed by atoms with E-state index in [4.69, 9.17) is 0 Å². The Labute approximate surface area is 341 Å². The second-order valence-electron chi connectivity index (χ2n) is 15.0. The molecule has 0 aliphatic heterocycles. The van der Waals surface area contributed by atoms with E-state index in [1.165, 1.54) is 88.6 Å². The summed E-state index contributed by atoms with van der Waals surface area (Å²) in [4.78, 5) is 0. The Bertz CT molecular complexity index is 3100. The van der Waals surface area contributed by atoms with Crippen LogP contribution in [0.15, 0.2) is 223 Å². The average molecular weight is 791 g/mol. The third kappa shape index (κ3) is 5.21. The maximum atomic E-state index is 3.77. The van der Waals surface area contributed by atoms with Crippen LogP contribution in [0.25, 0.3) is 72.0 Å². The van der Waals surface area contributed by atoms with Gasteiger partial charge in [0.2, 0.25) is 0 Å². The molecule has 0 bridgehead atoms. The van der Waals surface area contributed by atoms with Crippen molar-refractivity contribution in [2.75, 3.05) is 0 Å². The molecule has 1 heterocycles. The third-order valence-corrected chi connectivity index (χ3v) is 12.6. The molecule has 0 saturated carbocycles. The van der Waals surface area contributed by atoms with Crippen LogP contribution in [0.4, 0.5) is 0 Å². The minimum Gasteiger partial charge on any atom is -0.309 e. The zero-order valence-electron chi connectivity index (χ0n) is 31.1.